The lowest BCUT2D eigenvalue weighted by Crippen LogP contribution is -2.57. The van der Waals surface area contributed by atoms with Crippen LogP contribution in [0, 0.1) is 0 Å². The molecule has 0 radical (unpaired) electrons. The summed E-state index contributed by atoms with van der Waals surface area (Å²) in [5.41, 5.74) is 2.49. The van der Waals surface area contributed by atoms with Gasteiger partial charge in [0.05, 0.1) is 0 Å². The number of halogens is 1. The Morgan fingerprint density at radius 2 is 1.77 bits per heavy atom. The predicted octanol–water partition coefficient (Wildman–Crippen LogP) is 3.46. The van der Waals surface area contributed by atoms with E-state index in [-0.39, 0.29) is 29.9 Å². The third-order valence-corrected chi connectivity index (χ3v) is 7.75. The fraction of sp³-hybridized carbons (Fsp3) is 0.652. The second-order valence-corrected chi connectivity index (χ2v) is 9.85. The molecule has 2 heterocycles. The summed E-state index contributed by atoms with van der Waals surface area (Å²) in [6, 6.07) is 8.31. The van der Waals surface area contributed by atoms with Gasteiger partial charge in [-0.15, -0.1) is 24.0 Å². The highest BCUT2D eigenvalue weighted by Crippen LogP contribution is 2.36. The molecule has 0 atom stereocenters. The molecule has 2 N–H and O–H groups in total. The average Bonchev–Trinajstić information content (AvgIpc) is 3.45. The average molecular weight is 558 g/mol. The molecule has 0 unspecified atom stereocenters. The maximum atomic E-state index is 11.9. The Labute approximate surface area is 208 Å². The molecular formula is C23H36IN5OS. The van der Waals surface area contributed by atoms with E-state index in [2.05, 4.69) is 56.6 Å². The van der Waals surface area contributed by atoms with Crippen molar-refractivity contribution in [2.45, 2.75) is 50.6 Å². The molecule has 0 aromatic heterocycles. The molecular weight excluding hydrogens is 521 g/mol. The normalized spacial score (nSPS) is 21.8. The minimum Gasteiger partial charge on any atom is -0.355 e. The number of thioether (sulfide) groups is 1. The Hall–Kier alpha value is -1.00. The van der Waals surface area contributed by atoms with Crippen molar-refractivity contribution >= 4 is 53.3 Å². The molecule has 1 aliphatic carbocycles. The molecule has 4 rings (SSSR count). The van der Waals surface area contributed by atoms with E-state index in [0.29, 0.717) is 12.0 Å². The third-order valence-electron chi connectivity index (χ3n) is 6.81. The summed E-state index contributed by atoms with van der Waals surface area (Å²) < 4.78 is 0. The number of benzene rings is 1. The van der Waals surface area contributed by atoms with Crippen LogP contribution >= 0.6 is 35.7 Å². The van der Waals surface area contributed by atoms with Gasteiger partial charge >= 0.3 is 0 Å². The van der Waals surface area contributed by atoms with Crippen LogP contribution in [-0.2, 0) is 11.3 Å². The van der Waals surface area contributed by atoms with E-state index in [1.165, 1.54) is 55.8 Å². The summed E-state index contributed by atoms with van der Waals surface area (Å²) >= 11 is 2.08. The molecule has 1 aromatic carbocycles. The Bertz CT molecular complexity index is 745. The zero-order valence-corrected chi connectivity index (χ0v) is 21.7. The van der Waals surface area contributed by atoms with E-state index in [1.807, 2.05) is 11.9 Å². The van der Waals surface area contributed by atoms with Gasteiger partial charge < -0.3 is 15.5 Å². The first kappa shape index (κ1) is 24.6. The first-order valence-corrected chi connectivity index (χ1v) is 12.5. The summed E-state index contributed by atoms with van der Waals surface area (Å²) in [5, 5.41) is 7.08. The van der Waals surface area contributed by atoms with Crippen molar-refractivity contribution in [1.29, 1.82) is 0 Å². The molecule has 0 bridgehead atoms. The van der Waals surface area contributed by atoms with Crippen LogP contribution in [0.2, 0.25) is 0 Å². The number of aliphatic imine (C=N–C) groups is 1. The van der Waals surface area contributed by atoms with Gasteiger partial charge in [0.25, 0.3) is 0 Å². The Morgan fingerprint density at radius 3 is 2.39 bits per heavy atom. The van der Waals surface area contributed by atoms with Crippen LogP contribution in [0.5, 0.6) is 0 Å². The Kier molecular flexibility index (Phi) is 9.33. The molecule has 3 fully saturated rings. The highest BCUT2D eigenvalue weighted by atomic mass is 127. The van der Waals surface area contributed by atoms with Crippen LogP contribution in [0.3, 0.4) is 0 Å². The van der Waals surface area contributed by atoms with E-state index in [4.69, 9.17) is 0 Å². The van der Waals surface area contributed by atoms with E-state index < -0.39 is 0 Å². The van der Waals surface area contributed by atoms with Crippen LogP contribution in [0.25, 0.3) is 0 Å². The summed E-state index contributed by atoms with van der Waals surface area (Å²) in [4.78, 5) is 21.0. The maximum Gasteiger partial charge on any atom is 0.227 e. The molecule has 3 aliphatic rings. The molecule has 2 aliphatic heterocycles. The number of amides is 1. The first-order chi connectivity index (χ1) is 14.7. The van der Waals surface area contributed by atoms with Crippen molar-refractivity contribution < 1.29 is 4.79 Å². The number of carbonyl (C=O) groups is 1. The van der Waals surface area contributed by atoms with Gasteiger partial charge in [0.15, 0.2) is 5.96 Å². The molecule has 0 spiro atoms. The monoisotopic (exact) mass is 557 g/mol. The number of anilines is 1. The number of rotatable bonds is 6. The smallest absolute Gasteiger partial charge is 0.227 e. The number of hydrogen-bond acceptors (Lipinski definition) is 4. The summed E-state index contributed by atoms with van der Waals surface area (Å²) in [6.07, 6.45) is 6.88. The van der Waals surface area contributed by atoms with Gasteiger partial charge in [-0.3, -0.25) is 14.7 Å². The molecule has 1 saturated carbocycles. The van der Waals surface area contributed by atoms with Crippen LogP contribution in [-0.4, -0.2) is 67.0 Å². The van der Waals surface area contributed by atoms with Gasteiger partial charge in [-0.25, -0.2) is 0 Å². The van der Waals surface area contributed by atoms with Crippen LogP contribution in [0.4, 0.5) is 5.69 Å². The molecule has 2 saturated heterocycles. The van der Waals surface area contributed by atoms with Gasteiger partial charge in [-0.1, -0.05) is 25.0 Å². The summed E-state index contributed by atoms with van der Waals surface area (Å²) in [7, 11) is 1.84. The fourth-order valence-corrected chi connectivity index (χ4v) is 5.95. The maximum absolute atomic E-state index is 11.9. The van der Waals surface area contributed by atoms with Gasteiger partial charge in [0, 0.05) is 68.9 Å². The lowest BCUT2D eigenvalue weighted by Gasteiger charge is -2.43. The molecule has 8 heteroatoms. The number of hydrogen-bond donors (Lipinski definition) is 2. The largest absolute Gasteiger partial charge is 0.355 e. The standard InChI is InChI=1S/C23H35N5OS.HI/c1-24-22(26-18-23(10-2-3-11-23)27-13-15-30-16-14-27)25-17-19-6-8-20(9-7-19)28-12-4-5-21(28)29;/h6-9H,2-5,10-18H2,1H3,(H2,24,25,26);1H. The summed E-state index contributed by atoms with van der Waals surface area (Å²) in [6.45, 7) is 4.95. The van der Waals surface area contributed by atoms with E-state index >= 15 is 0 Å². The summed E-state index contributed by atoms with van der Waals surface area (Å²) in [5.74, 6) is 3.62. The zero-order valence-electron chi connectivity index (χ0n) is 18.6. The number of nitrogens with one attached hydrogen (secondary N) is 2. The quantitative estimate of drug-likeness (QED) is 0.319. The number of nitrogens with zero attached hydrogens (tertiary/aromatic N) is 3. The van der Waals surface area contributed by atoms with Gasteiger partial charge in [0.2, 0.25) is 5.91 Å². The van der Waals surface area contributed by atoms with Crippen molar-refractivity contribution in [1.82, 2.24) is 15.5 Å². The van der Waals surface area contributed by atoms with Crippen molar-refractivity contribution in [2.75, 3.05) is 49.6 Å². The minimum absolute atomic E-state index is 0. The molecule has 31 heavy (non-hydrogen) atoms. The molecule has 1 aromatic rings. The number of carbonyl (C=O) groups excluding carboxylic acids is 1. The third kappa shape index (κ3) is 6.07. The second-order valence-electron chi connectivity index (χ2n) is 8.63. The SMILES string of the molecule is CN=C(NCc1ccc(N2CCCC2=O)cc1)NCC1(N2CCSCC2)CCCC1.I. The lowest BCUT2D eigenvalue weighted by atomic mass is 9.94. The minimum atomic E-state index is 0. The van der Waals surface area contributed by atoms with Gasteiger partial charge in [-0.2, -0.15) is 11.8 Å². The highest BCUT2D eigenvalue weighted by molar-refractivity contribution is 14.0. The predicted molar refractivity (Wildman–Crippen MR) is 142 cm³/mol. The topological polar surface area (TPSA) is 60.0 Å². The second kappa shape index (κ2) is 11.7. The van der Waals surface area contributed by atoms with E-state index in [0.717, 1.165) is 37.7 Å². The molecule has 1 amide bonds. The van der Waals surface area contributed by atoms with Crippen molar-refractivity contribution in [3.8, 4) is 0 Å². The lowest BCUT2D eigenvalue weighted by molar-refractivity contribution is -0.117. The van der Waals surface area contributed by atoms with Crippen LogP contribution in [0.1, 0.15) is 44.1 Å². The van der Waals surface area contributed by atoms with Gasteiger partial charge in [-0.05, 0) is 37.0 Å². The van der Waals surface area contributed by atoms with Crippen molar-refractivity contribution in [3.05, 3.63) is 29.8 Å². The van der Waals surface area contributed by atoms with Gasteiger partial charge in [0.1, 0.15) is 0 Å². The highest BCUT2D eigenvalue weighted by Gasteiger charge is 2.39. The Morgan fingerprint density at radius 1 is 1.06 bits per heavy atom. The number of guanidine groups is 1. The fourth-order valence-electron chi connectivity index (χ4n) is 5.05. The molecule has 172 valence electrons. The van der Waals surface area contributed by atoms with Crippen molar-refractivity contribution in [2.24, 2.45) is 4.99 Å². The Balaban J connectivity index is 0.00000272. The zero-order chi connectivity index (χ0) is 20.8. The van der Waals surface area contributed by atoms with Crippen molar-refractivity contribution in [3.63, 3.8) is 0 Å². The van der Waals surface area contributed by atoms with E-state index in [9.17, 15) is 4.79 Å². The van der Waals surface area contributed by atoms with E-state index in [1.54, 1.807) is 0 Å². The first-order valence-electron chi connectivity index (χ1n) is 11.4. The van der Waals surface area contributed by atoms with Crippen LogP contribution < -0.4 is 15.5 Å². The molecule has 6 nitrogen and oxygen atoms in total. The van der Waals surface area contributed by atoms with Crippen LogP contribution in [0.15, 0.2) is 29.3 Å².